The van der Waals surface area contributed by atoms with Crippen LogP contribution >= 0.6 is 0 Å². The molecule has 3 aromatic carbocycles. The van der Waals surface area contributed by atoms with Crippen molar-refractivity contribution in [2.45, 2.75) is 32.2 Å². The average molecular weight is 453 g/mol. The summed E-state index contributed by atoms with van der Waals surface area (Å²) < 4.78 is 39.4. The number of anilines is 1. The molecule has 4 rings (SSSR count). The van der Waals surface area contributed by atoms with Crippen LogP contribution in [0.1, 0.15) is 32.6 Å². The number of carbonyl (C=O) groups excluding carboxylic acids is 1. The molecule has 0 atom stereocenters. The summed E-state index contributed by atoms with van der Waals surface area (Å²) in [5, 5.41) is 2.82. The number of carbonyl (C=O) groups is 1. The van der Waals surface area contributed by atoms with E-state index in [1.807, 2.05) is 32.0 Å². The van der Waals surface area contributed by atoms with Crippen molar-refractivity contribution in [3.63, 3.8) is 0 Å². The Morgan fingerprint density at radius 2 is 1.72 bits per heavy atom. The Hall–Kier alpha value is -3.52. The van der Waals surface area contributed by atoms with Gasteiger partial charge in [-0.3, -0.25) is 9.52 Å². The Bertz CT molecular complexity index is 1300. The molecule has 166 valence electrons. The van der Waals surface area contributed by atoms with Crippen molar-refractivity contribution in [3.05, 3.63) is 82.4 Å². The lowest BCUT2D eigenvalue weighted by atomic mass is 10.1. The van der Waals surface area contributed by atoms with Crippen LogP contribution in [-0.2, 0) is 16.6 Å². The molecule has 1 aliphatic rings. The lowest BCUT2D eigenvalue weighted by Crippen LogP contribution is -2.23. The minimum absolute atomic E-state index is 0.0640. The van der Waals surface area contributed by atoms with Crippen LogP contribution in [0.2, 0.25) is 0 Å². The molecule has 2 N–H and O–H groups in total. The predicted molar refractivity (Wildman–Crippen MR) is 122 cm³/mol. The quantitative estimate of drug-likeness (QED) is 0.588. The highest BCUT2D eigenvalue weighted by Crippen LogP contribution is 2.32. The van der Waals surface area contributed by atoms with E-state index in [-0.39, 0.29) is 29.7 Å². The zero-order valence-corrected chi connectivity index (χ0v) is 18.9. The van der Waals surface area contributed by atoms with Crippen molar-refractivity contribution in [1.82, 2.24) is 5.32 Å². The summed E-state index contributed by atoms with van der Waals surface area (Å²) in [6, 6.07) is 15.5. The van der Waals surface area contributed by atoms with E-state index in [0.29, 0.717) is 22.7 Å². The summed E-state index contributed by atoms with van der Waals surface area (Å²) in [5.74, 6) is 0.939. The Morgan fingerprint density at radius 1 is 0.938 bits per heavy atom. The molecule has 3 aromatic rings. The molecule has 0 aromatic heterocycles. The van der Waals surface area contributed by atoms with E-state index in [1.165, 1.54) is 6.07 Å². The van der Waals surface area contributed by atoms with Gasteiger partial charge in [-0.05, 0) is 73.4 Å². The zero-order chi connectivity index (χ0) is 22.9. The van der Waals surface area contributed by atoms with Crippen LogP contribution in [0.25, 0.3) is 0 Å². The van der Waals surface area contributed by atoms with Gasteiger partial charge in [-0.15, -0.1) is 0 Å². The first-order chi connectivity index (χ1) is 15.2. The van der Waals surface area contributed by atoms with E-state index >= 15 is 0 Å². The summed E-state index contributed by atoms with van der Waals surface area (Å²) in [4.78, 5) is 12.8. The predicted octanol–water partition coefficient (Wildman–Crippen LogP) is 4.07. The number of hydrogen-bond acceptors (Lipinski definition) is 5. The maximum Gasteiger partial charge on any atom is 0.262 e. The number of fused-ring (bicyclic) bond motifs is 1. The van der Waals surface area contributed by atoms with Crippen LogP contribution in [-0.4, -0.2) is 21.1 Å². The maximum absolute atomic E-state index is 13.1. The first-order valence-electron chi connectivity index (χ1n) is 10.1. The number of sulfonamides is 1. The topological polar surface area (TPSA) is 93.7 Å². The fraction of sp³-hybridized carbons (Fsp3) is 0.208. The SMILES string of the molecule is Cc1ccc(C(=O)NCc2ccc3c(c2)OCO3)cc1S(=O)(=O)Nc1cccc(C)c1C. The number of aryl methyl sites for hydroxylation is 2. The molecule has 1 aliphatic heterocycles. The lowest BCUT2D eigenvalue weighted by Gasteiger charge is -2.14. The maximum atomic E-state index is 13.1. The number of hydrogen-bond donors (Lipinski definition) is 2. The van der Waals surface area contributed by atoms with E-state index in [0.717, 1.165) is 16.7 Å². The van der Waals surface area contributed by atoms with Crippen molar-refractivity contribution in [2.75, 3.05) is 11.5 Å². The third-order valence-electron chi connectivity index (χ3n) is 5.48. The molecule has 0 bridgehead atoms. The summed E-state index contributed by atoms with van der Waals surface area (Å²) >= 11 is 0. The molecule has 7 nitrogen and oxygen atoms in total. The molecule has 32 heavy (non-hydrogen) atoms. The van der Waals surface area contributed by atoms with E-state index in [9.17, 15) is 13.2 Å². The van der Waals surface area contributed by atoms with E-state index in [1.54, 1.807) is 37.3 Å². The Morgan fingerprint density at radius 3 is 2.53 bits per heavy atom. The van der Waals surface area contributed by atoms with Gasteiger partial charge in [-0.2, -0.15) is 0 Å². The molecule has 1 amide bonds. The van der Waals surface area contributed by atoms with Crippen LogP contribution in [0, 0.1) is 20.8 Å². The Kier molecular flexibility index (Phi) is 5.80. The highest BCUT2D eigenvalue weighted by atomic mass is 32.2. The van der Waals surface area contributed by atoms with Gasteiger partial charge >= 0.3 is 0 Å². The van der Waals surface area contributed by atoms with Crippen LogP contribution in [0.5, 0.6) is 11.5 Å². The molecular formula is C24H24N2O5S. The van der Waals surface area contributed by atoms with E-state index in [4.69, 9.17) is 9.47 Å². The third-order valence-corrected chi connectivity index (χ3v) is 6.99. The highest BCUT2D eigenvalue weighted by molar-refractivity contribution is 7.92. The summed E-state index contributed by atoms with van der Waals surface area (Å²) in [6.07, 6.45) is 0. The summed E-state index contributed by atoms with van der Waals surface area (Å²) in [7, 11) is -3.87. The molecule has 0 spiro atoms. The van der Waals surface area contributed by atoms with Crippen molar-refractivity contribution < 1.29 is 22.7 Å². The van der Waals surface area contributed by atoms with Gasteiger partial charge in [0.25, 0.3) is 15.9 Å². The second-order valence-corrected chi connectivity index (χ2v) is 9.35. The minimum atomic E-state index is -3.87. The van der Waals surface area contributed by atoms with Crippen LogP contribution in [0.4, 0.5) is 5.69 Å². The van der Waals surface area contributed by atoms with Crippen molar-refractivity contribution >= 4 is 21.6 Å². The largest absolute Gasteiger partial charge is 0.454 e. The average Bonchev–Trinajstić information content (AvgIpc) is 3.23. The minimum Gasteiger partial charge on any atom is -0.454 e. The van der Waals surface area contributed by atoms with Crippen LogP contribution in [0.15, 0.2) is 59.5 Å². The lowest BCUT2D eigenvalue weighted by molar-refractivity contribution is 0.0950. The normalized spacial score (nSPS) is 12.5. The third kappa shape index (κ3) is 4.40. The number of ether oxygens (including phenoxy) is 2. The Balaban J connectivity index is 1.52. The molecule has 0 unspecified atom stereocenters. The van der Waals surface area contributed by atoms with Gasteiger partial charge in [0.2, 0.25) is 6.79 Å². The van der Waals surface area contributed by atoms with E-state index in [2.05, 4.69) is 10.0 Å². The zero-order valence-electron chi connectivity index (χ0n) is 18.1. The number of nitrogens with one attached hydrogen (secondary N) is 2. The fourth-order valence-corrected chi connectivity index (χ4v) is 4.82. The molecule has 0 saturated carbocycles. The molecule has 0 aliphatic carbocycles. The summed E-state index contributed by atoms with van der Waals surface area (Å²) in [5.41, 5.74) is 4.01. The molecular weight excluding hydrogens is 428 g/mol. The van der Waals surface area contributed by atoms with Gasteiger partial charge in [0.15, 0.2) is 11.5 Å². The smallest absolute Gasteiger partial charge is 0.262 e. The number of benzene rings is 3. The Labute approximate surface area is 187 Å². The standard InChI is InChI=1S/C24H24N2O5S/c1-15-5-4-6-20(17(15)3)26-32(28,29)23-12-19(9-7-16(23)2)24(27)25-13-18-8-10-21-22(11-18)31-14-30-21/h4-12,26H,13-14H2,1-3H3,(H,25,27). The van der Waals surface area contributed by atoms with Crippen molar-refractivity contribution in [1.29, 1.82) is 0 Å². The molecule has 0 fully saturated rings. The molecule has 0 saturated heterocycles. The number of rotatable bonds is 6. The van der Waals surface area contributed by atoms with Gasteiger partial charge < -0.3 is 14.8 Å². The van der Waals surface area contributed by atoms with Crippen molar-refractivity contribution in [3.8, 4) is 11.5 Å². The van der Waals surface area contributed by atoms with Crippen molar-refractivity contribution in [2.24, 2.45) is 0 Å². The number of amides is 1. The summed E-state index contributed by atoms with van der Waals surface area (Å²) in [6.45, 7) is 5.93. The van der Waals surface area contributed by atoms with Crippen LogP contribution < -0.4 is 19.5 Å². The first kappa shape index (κ1) is 21.7. The monoisotopic (exact) mass is 452 g/mol. The molecule has 1 heterocycles. The highest BCUT2D eigenvalue weighted by Gasteiger charge is 2.20. The molecule has 8 heteroatoms. The molecule has 0 radical (unpaired) electrons. The van der Waals surface area contributed by atoms with E-state index < -0.39 is 10.0 Å². The van der Waals surface area contributed by atoms with Gasteiger partial charge in [0.05, 0.1) is 10.6 Å². The second-order valence-electron chi connectivity index (χ2n) is 7.70. The van der Waals surface area contributed by atoms with Gasteiger partial charge in [-0.25, -0.2) is 8.42 Å². The van der Waals surface area contributed by atoms with Crippen LogP contribution in [0.3, 0.4) is 0 Å². The fourth-order valence-electron chi connectivity index (χ4n) is 3.43. The first-order valence-corrected chi connectivity index (χ1v) is 11.6. The van der Waals surface area contributed by atoms with Gasteiger partial charge in [0, 0.05) is 12.1 Å². The second kappa shape index (κ2) is 8.55. The van der Waals surface area contributed by atoms with Gasteiger partial charge in [-0.1, -0.05) is 24.3 Å². The van der Waals surface area contributed by atoms with Gasteiger partial charge in [0.1, 0.15) is 0 Å².